The number of hydrogen-bond donors (Lipinski definition) is 0. The normalized spacial score (nSPS) is 19.2. The van der Waals surface area contributed by atoms with Gasteiger partial charge in [0.15, 0.2) is 0 Å². The van der Waals surface area contributed by atoms with Gasteiger partial charge in [-0.05, 0) is 6.42 Å². The van der Waals surface area contributed by atoms with Crippen LogP contribution in [-0.2, 0) is 28.7 Å². The van der Waals surface area contributed by atoms with Crippen LogP contribution in [-0.4, -0.2) is 23.9 Å². The zero-order valence-corrected chi connectivity index (χ0v) is 7.73. The van der Waals surface area contributed by atoms with Gasteiger partial charge in [0, 0.05) is 25.0 Å². The van der Waals surface area contributed by atoms with Crippen LogP contribution in [0.15, 0.2) is 12.2 Å². The molecule has 0 aliphatic carbocycles. The summed E-state index contributed by atoms with van der Waals surface area (Å²) in [6.45, 7) is 0. The lowest BCUT2D eigenvalue weighted by molar-refractivity contribution is -0.163. The minimum atomic E-state index is -0.579. The Balaban J connectivity index is 0.000000151. The van der Waals surface area contributed by atoms with Gasteiger partial charge in [0.25, 0.3) is 0 Å². The zero-order valence-electron chi connectivity index (χ0n) is 7.73. The molecule has 0 spiro atoms. The van der Waals surface area contributed by atoms with Crippen LogP contribution in [0.3, 0.4) is 0 Å². The summed E-state index contributed by atoms with van der Waals surface area (Å²) in [7, 11) is 0. The van der Waals surface area contributed by atoms with Crippen LogP contribution in [0.1, 0.15) is 19.3 Å². The van der Waals surface area contributed by atoms with E-state index in [2.05, 4.69) is 9.47 Å². The minimum absolute atomic E-state index is 0.388. The van der Waals surface area contributed by atoms with Gasteiger partial charge in [-0.2, -0.15) is 0 Å². The highest BCUT2D eigenvalue weighted by atomic mass is 16.6. The SMILES string of the molecule is O=C1C=CC(=O)O1.O=C1CCCC(=O)O1. The van der Waals surface area contributed by atoms with Gasteiger partial charge in [-0.15, -0.1) is 0 Å². The van der Waals surface area contributed by atoms with Crippen molar-refractivity contribution in [2.75, 3.05) is 0 Å². The van der Waals surface area contributed by atoms with Crippen molar-refractivity contribution in [3.05, 3.63) is 12.2 Å². The molecule has 0 aromatic carbocycles. The average Bonchev–Trinajstić information content (AvgIpc) is 2.50. The van der Waals surface area contributed by atoms with Gasteiger partial charge in [0.05, 0.1) is 0 Å². The van der Waals surface area contributed by atoms with Crippen LogP contribution in [0.25, 0.3) is 0 Å². The molecular weight excluding hydrogens is 204 g/mol. The van der Waals surface area contributed by atoms with Gasteiger partial charge >= 0.3 is 23.9 Å². The first-order chi connectivity index (χ1) is 7.08. The molecule has 0 bridgehead atoms. The van der Waals surface area contributed by atoms with E-state index in [0.717, 1.165) is 12.2 Å². The summed E-state index contributed by atoms with van der Waals surface area (Å²) in [5.74, 6) is -1.93. The molecule has 0 saturated carbocycles. The fourth-order valence-electron chi connectivity index (χ4n) is 0.909. The van der Waals surface area contributed by atoms with Crippen molar-refractivity contribution < 1.29 is 28.7 Å². The Morgan fingerprint density at radius 3 is 1.47 bits per heavy atom. The molecule has 6 nitrogen and oxygen atoms in total. The summed E-state index contributed by atoms with van der Waals surface area (Å²) in [5, 5.41) is 0. The summed E-state index contributed by atoms with van der Waals surface area (Å²) in [5.41, 5.74) is 0. The fourth-order valence-corrected chi connectivity index (χ4v) is 0.909. The molecule has 0 aromatic rings. The Hall–Kier alpha value is -1.98. The number of hydrogen-bond acceptors (Lipinski definition) is 6. The van der Waals surface area contributed by atoms with Crippen molar-refractivity contribution >= 4 is 23.9 Å². The lowest BCUT2D eigenvalue weighted by Crippen LogP contribution is -2.17. The van der Waals surface area contributed by atoms with Gasteiger partial charge in [-0.3, -0.25) is 9.59 Å². The zero-order chi connectivity index (χ0) is 11.3. The number of esters is 4. The molecule has 0 unspecified atom stereocenters. The highest BCUT2D eigenvalue weighted by molar-refractivity contribution is 6.04. The van der Waals surface area contributed by atoms with Crippen molar-refractivity contribution in [2.45, 2.75) is 19.3 Å². The van der Waals surface area contributed by atoms with Crippen molar-refractivity contribution in [1.29, 1.82) is 0 Å². The first-order valence-electron chi connectivity index (χ1n) is 4.25. The standard InChI is InChI=1S/C5H6O3.C4H2O3/c6-4-2-1-3-5(7)8-4;5-3-1-2-4(6)7-3/h1-3H2;1-2H. The van der Waals surface area contributed by atoms with Crippen LogP contribution in [0, 0.1) is 0 Å². The van der Waals surface area contributed by atoms with Crippen molar-refractivity contribution in [3.8, 4) is 0 Å². The molecule has 2 rings (SSSR count). The van der Waals surface area contributed by atoms with Crippen LogP contribution < -0.4 is 0 Å². The molecular formula is C9H8O6. The van der Waals surface area contributed by atoms with E-state index in [-0.39, 0.29) is 11.9 Å². The molecule has 0 radical (unpaired) electrons. The van der Waals surface area contributed by atoms with Gasteiger partial charge in [0.2, 0.25) is 0 Å². The summed E-state index contributed by atoms with van der Waals surface area (Å²) in [6.07, 6.45) is 3.61. The largest absolute Gasteiger partial charge is 0.393 e. The van der Waals surface area contributed by atoms with Gasteiger partial charge in [0.1, 0.15) is 0 Å². The van der Waals surface area contributed by atoms with Gasteiger partial charge in [-0.1, -0.05) is 0 Å². The maximum absolute atomic E-state index is 10.2. The van der Waals surface area contributed by atoms with Gasteiger partial charge in [-0.25, -0.2) is 9.59 Å². The van der Waals surface area contributed by atoms with Crippen molar-refractivity contribution in [3.63, 3.8) is 0 Å². The highest BCUT2D eigenvalue weighted by Gasteiger charge is 2.15. The maximum Gasteiger partial charge on any atom is 0.338 e. The Morgan fingerprint density at radius 1 is 0.800 bits per heavy atom. The molecule has 2 aliphatic heterocycles. The second kappa shape index (κ2) is 5.04. The summed E-state index contributed by atoms with van der Waals surface area (Å²) in [6, 6.07) is 0. The second-order valence-electron chi connectivity index (χ2n) is 2.77. The van der Waals surface area contributed by atoms with Crippen molar-refractivity contribution in [1.82, 2.24) is 0 Å². The number of carbonyl (C=O) groups excluding carboxylic acids is 4. The van der Waals surface area contributed by atoms with Crippen LogP contribution >= 0.6 is 0 Å². The number of ether oxygens (including phenoxy) is 2. The molecule has 2 aliphatic rings. The topological polar surface area (TPSA) is 86.7 Å². The van der Waals surface area contributed by atoms with Crippen LogP contribution in [0.4, 0.5) is 0 Å². The summed E-state index contributed by atoms with van der Waals surface area (Å²) in [4.78, 5) is 40.3. The third-order valence-corrected chi connectivity index (χ3v) is 1.55. The Labute approximate surface area is 84.8 Å². The van der Waals surface area contributed by atoms with E-state index in [4.69, 9.17) is 0 Å². The molecule has 2 heterocycles. The Bertz CT molecular complexity index is 311. The van der Waals surface area contributed by atoms with E-state index in [1.807, 2.05) is 0 Å². The average molecular weight is 212 g/mol. The summed E-state index contributed by atoms with van der Waals surface area (Å²) >= 11 is 0. The smallest absolute Gasteiger partial charge is 0.338 e. The molecule has 0 aromatic heterocycles. The quantitative estimate of drug-likeness (QED) is 0.410. The minimum Gasteiger partial charge on any atom is -0.393 e. The Kier molecular flexibility index (Phi) is 3.73. The van der Waals surface area contributed by atoms with Crippen LogP contribution in [0.5, 0.6) is 0 Å². The van der Waals surface area contributed by atoms with Gasteiger partial charge < -0.3 is 9.47 Å². The van der Waals surface area contributed by atoms with E-state index in [1.54, 1.807) is 0 Å². The second-order valence-corrected chi connectivity index (χ2v) is 2.77. The van der Waals surface area contributed by atoms with Crippen molar-refractivity contribution in [2.24, 2.45) is 0 Å². The van der Waals surface area contributed by atoms with E-state index in [1.165, 1.54) is 0 Å². The molecule has 1 fully saturated rings. The lowest BCUT2D eigenvalue weighted by atomic mass is 10.2. The predicted molar refractivity (Wildman–Crippen MR) is 45.2 cm³/mol. The third-order valence-electron chi connectivity index (χ3n) is 1.55. The predicted octanol–water partition coefficient (Wildman–Crippen LogP) is -0.134. The molecule has 80 valence electrons. The van der Waals surface area contributed by atoms with E-state index in [0.29, 0.717) is 19.3 Å². The Morgan fingerprint density at radius 2 is 1.27 bits per heavy atom. The van der Waals surface area contributed by atoms with E-state index >= 15 is 0 Å². The number of rotatable bonds is 0. The molecule has 1 saturated heterocycles. The summed E-state index contributed by atoms with van der Waals surface area (Å²) < 4.78 is 8.18. The molecule has 0 amide bonds. The highest BCUT2D eigenvalue weighted by Crippen LogP contribution is 2.06. The third kappa shape index (κ3) is 4.17. The van der Waals surface area contributed by atoms with E-state index in [9.17, 15) is 19.2 Å². The first kappa shape index (κ1) is 11.1. The van der Waals surface area contributed by atoms with E-state index < -0.39 is 11.9 Å². The molecule has 0 atom stereocenters. The molecule has 6 heteroatoms. The fraction of sp³-hybridized carbons (Fsp3) is 0.333. The van der Waals surface area contributed by atoms with Crippen LogP contribution in [0.2, 0.25) is 0 Å². The molecule has 0 N–H and O–H groups in total. The lowest BCUT2D eigenvalue weighted by Gasteiger charge is -2.06. The maximum atomic E-state index is 10.2. The first-order valence-corrected chi connectivity index (χ1v) is 4.25. The molecule has 15 heavy (non-hydrogen) atoms. The number of carbonyl (C=O) groups is 4. The number of cyclic esters (lactones) is 4. The monoisotopic (exact) mass is 212 g/mol.